The number of benzene rings is 2. The summed E-state index contributed by atoms with van der Waals surface area (Å²) >= 11 is 0. The van der Waals surface area contributed by atoms with Crippen molar-refractivity contribution in [1.29, 1.82) is 0 Å². The zero-order valence-corrected chi connectivity index (χ0v) is 17.7. The van der Waals surface area contributed by atoms with Crippen LogP contribution in [0.4, 0.5) is 5.69 Å². The molecule has 0 aromatic heterocycles. The highest BCUT2D eigenvalue weighted by atomic mass is 16.5. The Hall–Kier alpha value is -4.20. The highest BCUT2D eigenvalue weighted by molar-refractivity contribution is 6.08. The van der Waals surface area contributed by atoms with Crippen molar-refractivity contribution < 1.29 is 14.3 Å². The number of hydrogen-bond acceptors (Lipinski definition) is 5. The van der Waals surface area contributed by atoms with E-state index in [1.165, 1.54) is 11.8 Å². The van der Waals surface area contributed by atoms with Crippen molar-refractivity contribution in [2.75, 3.05) is 12.4 Å². The average molecular weight is 430 g/mol. The molecule has 8 nitrogen and oxygen atoms in total. The maximum Gasteiger partial charge on any atom is 0.337 e. The summed E-state index contributed by atoms with van der Waals surface area (Å²) in [6.07, 6.45) is 4.27. The lowest BCUT2D eigenvalue weighted by Crippen LogP contribution is -2.17. The molecule has 0 spiro atoms. The Morgan fingerprint density at radius 1 is 1.03 bits per heavy atom. The van der Waals surface area contributed by atoms with Gasteiger partial charge in [-0.05, 0) is 42.8 Å². The van der Waals surface area contributed by atoms with Crippen LogP contribution in [0, 0.1) is 0 Å². The van der Waals surface area contributed by atoms with Crippen LogP contribution in [0.15, 0.2) is 71.8 Å². The van der Waals surface area contributed by atoms with Crippen molar-refractivity contribution in [3.63, 3.8) is 0 Å². The van der Waals surface area contributed by atoms with Gasteiger partial charge in [0.2, 0.25) is 0 Å². The van der Waals surface area contributed by atoms with Crippen LogP contribution in [0.3, 0.4) is 0 Å². The second-order valence-electron chi connectivity index (χ2n) is 7.25. The molecule has 2 aliphatic rings. The molecule has 2 heterocycles. The Morgan fingerprint density at radius 3 is 2.41 bits per heavy atom. The maximum atomic E-state index is 13.1. The molecule has 0 atom stereocenters. The summed E-state index contributed by atoms with van der Waals surface area (Å²) in [6.45, 7) is 2.67. The van der Waals surface area contributed by atoms with Gasteiger partial charge in [-0.25, -0.2) is 4.79 Å². The van der Waals surface area contributed by atoms with E-state index in [0.29, 0.717) is 40.3 Å². The Morgan fingerprint density at radius 2 is 1.75 bits per heavy atom. The van der Waals surface area contributed by atoms with E-state index in [1.807, 2.05) is 29.7 Å². The lowest BCUT2D eigenvalue weighted by molar-refractivity contribution is 0.0600. The number of amides is 1. The second-order valence-corrected chi connectivity index (χ2v) is 7.25. The summed E-state index contributed by atoms with van der Waals surface area (Å²) in [5.41, 5.74) is 2.22. The van der Waals surface area contributed by atoms with Gasteiger partial charge in [-0.3, -0.25) is 9.59 Å². The van der Waals surface area contributed by atoms with Crippen LogP contribution >= 0.6 is 0 Å². The summed E-state index contributed by atoms with van der Waals surface area (Å²) in [4.78, 5) is 37.8. The van der Waals surface area contributed by atoms with Gasteiger partial charge in [0.05, 0.1) is 29.5 Å². The van der Waals surface area contributed by atoms with E-state index in [-0.39, 0.29) is 5.56 Å². The molecule has 162 valence electrons. The highest BCUT2D eigenvalue weighted by Crippen LogP contribution is 2.24. The number of carbonyl (C=O) groups excluding carboxylic acids is 2. The first-order chi connectivity index (χ1) is 15.5. The van der Waals surface area contributed by atoms with Gasteiger partial charge >= 0.3 is 5.97 Å². The second kappa shape index (κ2) is 8.89. The van der Waals surface area contributed by atoms with Gasteiger partial charge in [0.25, 0.3) is 11.5 Å². The molecule has 2 aromatic rings. The lowest BCUT2D eigenvalue weighted by atomic mass is 10.1. The Labute approximate surface area is 184 Å². The van der Waals surface area contributed by atoms with E-state index in [4.69, 9.17) is 4.74 Å². The molecule has 1 N–H and O–H groups in total. The molecule has 2 aliphatic heterocycles. The average Bonchev–Trinajstić information content (AvgIpc) is 3.15. The van der Waals surface area contributed by atoms with Crippen LogP contribution in [0.5, 0.6) is 0 Å². The van der Waals surface area contributed by atoms with Crippen LogP contribution in [0.1, 0.15) is 34.1 Å². The predicted octanol–water partition coefficient (Wildman–Crippen LogP) is 3.59. The number of pyridine rings is 1. The number of methoxy groups -OCH3 is 1. The van der Waals surface area contributed by atoms with E-state index in [2.05, 4.69) is 10.4 Å². The molecule has 0 unspecified atom stereocenters. The quantitative estimate of drug-likeness (QED) is 0.472. The maximum absolute atomic E-state index is 13.1. The van der Waals surface area contributed by atoms with Gasteiger partial charge in [-0.2, -0.15) is 9.78 Å². The van der Waals surface area contributed by atoms with Crippen LogP contribution in [0.25, 0.3) is 16.9 Å². The molecular formula is C24H22N4O4. The Kier molecular flexibility index (Phi) is 5.85. The van der Waals surface area contributed by atoms with Crippen molar-refractivity contribution in [3.8, 4) is 16.9 Å². The molecular weight excluding hydrogens is 408 g/mol. The van der Waals surface area contributed by atoms with Crippen LogP contribution < -0.4 is 10.9 Å². The number of rotatable bonds is 6. The normalized spacial score (nSPS) is 10.8. The van der Waals surface area contributed by atoms with Gasteiger partial charge in [0, 0.05) is 24.6 Å². The standard InChI is InChI=1S/C24H22N4O4/c1-3-13-27-14-19(22(29)25-17-11-9-16(10-12-17)24(31)32-2)21-20(15-27)23(30)28(26-21)18-7-5-4-6-8-18/h4-12,14-15H,3,13H2,1-2H3,(H,25,29). The largest absolute Gasteiger partial charge is 0.465 e. The molecule has 8 heteroatoms. The fraction of sp³-hybridized carbons (Fsp3) is 0.167. The first-order valence-corrected chi connectivity index (χ1v) is 10.2. The van der Waals surface area contributed by atoms with Crippen molar-refractivity contribution >= 4 is 17.6 Å². The van der Waals surface area contributed by atoms with Gasteiger partial charge in [0.15, 0.2) is 0 Å². The van der Waals surface area contributed by atoms with Crippen LogP contribution in [0.2, 0.25) is 0 Å². The fourth-order valence-electron chi connectivity index (χ4n) is 3.46. The summed E-state index contributed by atoms with van der Waals surface area (Å²) in [6, 6.07) is 15.5. The first-order valence-electron chi connectivity index (χ1n) is 10.2. The zero-order valence-electron chi connectivity index (χ0n) is 17.7. The van der Waals surface area contributed by atoms with Crippen molar-refractivity contribution in [2.45, 2.75) is 19.9 Å². The molecule has 0 aliphatic carbocycles. The van der Waals surface area contributed by atoms with Gasteiger partial charge in [-0.1, -0.05) is 25.1 Å². The molecule has 0 fully saturated rings. The van der Waals surface area contributed by atoms with Gasteiger partial charge < -0.3 is 14.6 Å². The lowest BCUT2D eigenvalue weighted by Gasteiger charge is -2.12. The topological polar surface area (TPSA) is 95.2 Å². The number of anilines is 1. The summed E-state index contributed by atoms with van der Waals surface area (Å²) in [5.74, 6) is -0.855. The minimum Gasteiger partial charge on any atom is -0.465 e. The number of esters is 1. The fourth-order valence-corrected chi connectivity index (χ4v) is 3.46. The van der Waals surface area contributed by atoms with Gasteiger partial charge in [-0.15, -0.1) is 0 Å². The number of ether oxygens (including phenoxy) is 1. The summed E-state index contributed by atoms with van der Waals surface area (Å²) in [5, 5.41) is 7.28. The number of carbonyl (C=O) groups is 2. The highest BCUT2D eigenvalue weighted by Gasteiger charge is 2.24. The molecule has 32 heavy (non-hydrogen) atoms. The summed E-state index contributed by atoms with van der Waals surface area (Å²) < 4.78 is 7.83. The number of nitrogens with one attached hydrogen (secondary N) is 1. The minimum atomic E-state index is -0.456. The third-order valence-corrected chi connectivity index (χ3v) is 5.01. The van der Waals surface area contributed by atoms with Gasteiger partial charge in [0.1, 0.15) is 5.69 Å². The third-order valence-electron chi connectivity index (χ3n) is 5.01. The van der Waals surface area contributed by atoms with Crippen molar-refractivity contribution in [2.24, 2.45) is 0 Å². The number of nitrogens with zero attached hydrogens (tertiary/aromatic N) is 3. The number of hydrogen-bond donors (Lipinski definition) is 1. The van der Waals surface area contributed by atoms with E-state index in [1.54, 1.807) is 48.8 Å². The van der Waals surface area contributed by atoms with E-state index in [9.17, 15) is 14.4 Å². The smallest absolute Gasteiger partial charge is 0.337 e. The molecule has 0 bridgehead atoms. The zero-order chi connectivity index (χ0) is 22.7. The molecule has 2 aromatic carbocycles. The van der Waals surface area contributed by atoms with E-state index < -0.39 is 11.9 Å². The minimum absolute atomic E-state index is 0.284. The van der Waals surface area contributed by atoms with Crippen LogP contribution in [-0.4, -0.2) is 33.3 Å². The number of para-hydroxylation sites is 1. The van der Waals surface area contributed by atoms with Crippen molar-refractivity contribution in [3.05, 3.63) is 88.5 Å². The Bertz CT molecular complexity index is 1290. The van der Waals surface area contributed by atoms with E-state index in [0.717, 1.165) is 6.42 Å². The van der Waals surface area contributed by atoms with Crippen LogP contribution in [-0.2, 0) is 11.3 Å². The molecule has 0 radical (unpaired) electrons. The number of aryl methyl sites for hydroxylation is 1. The Balaban J connectivity index is 1.74. The SMILES string of the molecule is CCCn1cc(C(=O)Nc2ccc(C(=O)OC)cc2)c2nn(-c3ccccc3)c(=O)c-2c1. The van der Waals surface area contributed by atoms with Crippen molar-refractivity contribution in [1.82, 2.24) is 14.3 Å². The molecule has 0 saturated heterocycles. The number of fused-ring (bicyclic) bond motifs is 1. The molecule has 4 rings (SSSR count). The van der Waals surface area contributed by atoms with E-state index >= 15 is 0 Å². The predicted molar refractivity (Wildman–Crippen MR) is 120 cm³/mol. The molecule has 1 amide bonds. The summed E-state index contributed by atoms with van der Waals surface area (Å²) in [7, 11) is 1.31. The third kappa shape index (κ3) is 4.02. The first kappa shape index (κ1) is 21.0. The number of aromatic nitrogens is 3. The molecule has 0 saturated carbocycles. The monoisotopic (exact) mass is 430 g/mol.